The van der Waals surface area contributed by atoms with Crippen molar-refractivity contribution in [2.24, 2.45) is 11.7 Å². The summed E-state index contributed by atoms with van der Waals surface area (Å²) < 4.78 is 11.4. The van der Waals surface area contributed by atoms with Gasteiger partial charge in [-0.15, -0.1) is 0 Å². The van der Waals surface area contributed by atoms with E-state index in [2.05, 4.69) is 0 Å². The maximum absolute atomic E-state index is 12.1. The van der Waals surface area contributed by atoms with Crippen LogP contribution in [-0.4, -0.2) is 46.6 Å². The number of primary amides is 1. The molecule has 4 rings (SSSR count). The summed E-state index contributed by atoms with van der Waals surface area (Å²) in [6.07, 6.45) is 3.03. The van der Waals surface area contributed by atoms with E-state index < -0.39 is 5.91 Å². The zero-order valence-electron chi connectivity index (χ0n) is 18.8. The van der Waals surface area contributed by atoms with Gasteiger partial charge in [-0.1, -0.05) is 17.8 Å². The minimum atomic E-state index is -0.554. The summed E-state index contributed by atoms with van der Waals surface area (Å²) in [5.41, 5.74) is 7.26. The SMILES string of the molecule is N=C(SC(=N)C1CCOCC1)c1ccc(Oc2cc(C(N)=O)ccc2CN2CCCC2=O)cc1. The van der Waals surface area contributed by atoms with Gasteiger partial charge in [-0.05, 0) is 55.7 Å². The van der Waals surface area contributed by atoms with E-state index in [1.54, 1.807) is 47.4 Å². The molecule has 2 saturated heterocycles. The molecule has 0 spiro atoms. The van der Waals surface area contributed by atoms with Crippen LogP contribution in [0.4, 0.5) is 0 Å². The summed E-state index contributed by atoms with van der Waals surface area (Å²) in [7, 11) is 0. The van der Waals surface area contributed by atoms with E-state index in [0.29, 0.717) is 65.4 Å². The lowest BCUT2D eigenvalue weighted by molar-refractivity contribution is -0.128. The average molecular weight is 481 g/mol. The van der Waals surface area contributed by atoms with Crippen molar-refractivity contribution in [1.29, 1.82) is 10.8 Å². The predicted octanol–water partition coefficient (Wildman–Crippen LogP) is 4.16. The molecule has 0 aliphatic carbocycles. The molecular formula is C25H28N4O4S. The molecule has 2 aromatic rings. The number of carbonyl (C=O) groups is 2. The summed E-state index contributed by atoms with van der Waals surface area (Å²) in [6.45, 7) is 2.43. The number of benzene rings is 2. The zero-order valence-corrected chi connectivity index (χ0v) is 19.7. The second-order valence-electron chi connectivity index (χ2n) is 8.41. The third-order valence-electron chi connectivity index (χ3n) is 6.03. The molecule has 0 radical (unpaired) electrons. The van der Waals surface area contributed by atoms with Gasteiger partial charge in [-0.3, -0.25) is 20.4 Å². The van der Waals surface area contributed by atoms with Gasteiger partial charge in [0.15, 0.2) is 0 Å². The number of rotatable bonds is 7. The van der Waals surface area contributed by atoms with Gasteiger partial charge < -0.3 is 20.1 Å². The van der Waals surface area contributed by atoms with Gasteiger partial charge in [0.05, 0.1) is 5.04 Å². The molecular weight excluding hydrogens is 452 g/mol. The standard InChI is InChI=1S/C25H28N4O4S/c26-23(31)18-3-4-19(15-29-11-1-2-22(29)30)21(14-18)33-20-7-5-16(6-8-20)24(27)34-25(28)17-9-12-32-13-10-17/h3-8,14,17,27-28H,1-2,9-13,15H2,(H2,26,31). The number of hydrogen-bond acceptors (Lipinski definition) is 7. The molecule has 2 heterocycles. The third-order valence-corrected chi connectivity index (χ3v) is 7.03. The molecule has 178 valence electrons. The van der Waals surface area contributed by atoms with Crippen LogP contribution in [0.1, 0.15) is 47.2 Å². The topological polar surface area (TPSA) is 130 Å². The fraction of sp³-hybridized carbons (Fsp3) is 0.360. The Morgan fingerprint density at radius 1 is 1.12 bits per heavy atom. The molecule has 2 fully saturated rings. The van der Waals surface area contributed by atoms with E-state index in [0.717, 1.165) is 24.8 Å². The molecule has 0 unspecified atom stereocenters. The smallest absolute Gasteiger partial charge is 0.248 e. The number of ether oxygens (including phenoxy) is 2. The van der Waals surface area contributed by atoms with Crippen molar-refractivity contribution < 1.29 is 19.1 Å². The maximum atomic E-state index is 12.1. The number of thioether (sulfide) groups is 1. The van der Waals surface area contributed by atoms with Crippen molar-refractivity contribution in [3.05, 3.63) is 59.2 Å². The Morgan fingerprint density at radius 2 is 1.82 bits per heavy atom. The molecule has 0 saturated carbocycles. The summed E-state index contributed by atoms with van der Waals surface area (Å²) in [5, 5.41) is 17.5. The molecule has 0 aromatic heterocycles. The Morgan fingerprint density at radius 3 is 2.47 bits per heavy atom. The van der Waals surface area contributed by atoms with E-state index in [1.165, 1.54) is 11.8 Å². The first-order chi connectivity index (χ1) is 16.4. The van der Waals surface area contributed by atoms with Gasteiger partial charge in [0, 0.05) is 55.3 Å². The van der Waals surface area contributed by atoms with Gasteiger partial charge in [0.1, 0.15) is 16.5 Å². The van der Waals surface area contributed by atoms with E-state index in [1.807, 2.05) is 0 Å². The quantitative estimate of drug-likeness (QED) is 0.405. The molecule has 2 aliphatic rings. The van der Waals surface area contributed by atoms with E-state index >= 15 is 0 Å². The van der Waals surface area contributed by atoms with Crippen LogP contribution in [0.3, 0.4) is 0 Å². The van der Waals surface area contributed by atoms with Crippen LogP contribution < -0.4 is 10.5 Å². The first-order valence-electron chi connectivity index (χ1n) is 11.3. The normalized spacial score (nSPS) is 16.5. The Kier molecular flexibility index (Phi) is 7.64. The molecule has 2 amide bonds. The van der Waals surface area contributed by atoms with Gasteiger partial charge in [0.2, 0.25) is 11.8 Å². The molecule has 34 heavy (non-hydrogen) atoms. The number of nitrogens with one attached hydrogen (secondary N) is 2. The number of hydrogen-bond donors (Lipinski definition) is 3. The molecule has 0 bridgehead atoms. The Balaban J connectivity index is 1.46. The van der Waals surface area contributed by atoms with Crippen molar-refractivity contribution in [3.63, 3.8) is 0 Å². The summed E-state index contributed by atoms with van der Waals surface area (Å²) >= 11 is 1.18. The molecule has 9 heteroatoms. The number of carbonyl (C=O) groups excluding carboxylic acids is 2. The van der Waals surface area contributed by atoms with E-state index in [9.17, 15) is 9.59 Å². The molecule has 2 aliphatic heterocycles. The highest BCUT2D eigenvalue weighted by molar-refractivity contribution is 8.26. The zero-order chi connectivity index (χ0) is 24.1. The van der Waals surface area contributed by atoms with Crippen LogP contribution in [-0.2, 0) is 16.1 Å². The number of amides is 2. The Bertz CT molecular complexity index is 1100. The maximum Gasteiger partial charge on any atom is 0.248 e. The van der Waals surface area contributed by atoms with Gasteiger partial charge in [-0.25, -0.2) is 0 Å². The van der Waals surface area contributed by atoms with E-state index in [4.69, 9.17) is 26.0 Å². The predicted molar refractivity (Wildman–Crippen MR) is 132 cm³/mol. The lowest BCUT2D eigenvalue weighted by atomic mass is 10.0. The van der Waals surface area contributed by atoms with Crippen LogP contribution in [0.25, 0.3) is 0 Å². The molecule has 0 atom stereocenters. The van der Waals surface area contributed by atoms with Gasteiger partial charge in [0.25, 0.3) is 0 Å². The highest BCUT2D eigenvalue weighted by atomic mass is 32.2. The highest BCUT2D eigenvalue weighted by Gasteiger charge is 2.23. The fourth-order valence-electron chi connectivity index (χ4n) is 4.02. The van der Waals surface area contributed by atoms with Crippen LogP contribution in [0.15, 0.2) is 42.5 Å². The van der Waals surface area contributed by atoms with Crippen LogP contribution >= 0.6 is 11.8 Å². The first kappa shape index (κ1) is 24.0. The summed E-state index contributed by atoms with van der Waals surface area (Å²) in [6, 6.07) is 12.1. The second kappa shape index (κ2) is 10.8. The lowest BCUT2D eigenvalue weighted by Gasteiger charge is -2.22. The van der Waals surface area contributed by atoms with E-state index in [-0.39, 0.29) is 11.8 Å². The van der Waals surface area contributed by atoms with Crippen molar-refractivity contribution in [2.75, 3.05) is 19.8 Å². The molecule has 2 aromatic carbocycles. The summed E-state index contributed by atoms with van der Waals surface area (Å²) in [5.74, 6) is 0.712. The largest absolute Gasteiger partial charge is 0.457 e. The van der Waals surface area contributed by atoms with Crippen LogP contribution in [0, 0.1) is 16.7 Å². The number of nitrogens with zero attached hydrogens (tertiary/aromatic N) is 1. The van der Waals surface area contributed by atoms with Crippen molar-refractivity contribution in [3.8, 4) is 11.5 Å². The minimum absolute atomic E-state index is 0.108. The monoisotopic (exact) mass is 480 g/mol. The third kappa shape index (κ3) is 5.84. The van der Waals surface area contributed by atoms with Crippen molar-refractivity contribution in [2.45, 2.75) is 32.2 Å². The first-order valence-corrected chi connectivity index (χ1v) is 12.1. The number of likely N-dealkylation sites (tertiary alicyclic amines) is 1. The van der Waals surface area contributed by atoms with Crippen LogP contribution in [0.5, 0.6) is 11.5 Å². The van der Waals surface area contributed by atoms with Gasteiger partial charge in [-0.2, -0.15) is 0 Å². The Labute approximate surface area is 202 Å². The second-order valence-corrected chi connectivity index (χ2v) is 9.47. The van der Waals surface area contributed by atoms with Crippen molar-refractivity contribution >= 4 is 33.7 Å². The average Bonchev–Trinajstić information content (AvgIpc) is 3.25. The lowest BCUT2D eigenvalue weighted by Crippen LogP contribution is -2.24. The minimum Gasteiger partial charge on any atom is -0.457 e. The molecule has 4 N–H and O–H groups in total. The fourth-order valence-corrected chi connectivity index (χ4v) is 4.90. The molecule has 8 nitrogen and oxygen atoms in total. The Hall–Kier alpha value is -3.17. The number of nitrogens with two attached hydrogens (primary N) is 1. The van der Waals surface area contributed by atoms with Gasteiger partial charge >= 0.3 is 0 Å². The summed E-state index contributed by atoms with van der Waals surface area (Å²) in [4.78, 5) is 25.5. The highest BCUT2D eigenvalue weighted by Crippen LogP contribution is 2.30. The van der Waals surface area contributed by atoms with Crippen molar-refractivity contribution in [1.82, 2.24) is 4.90 Å². The van der Waals surface area contributed by atoms with Crippen LogP contribution in [0.2, 0.25) is 0 Å².